The molecule has 0 saturated carbocycles. The lowest BCUT2D eigenvalue weighted by Gasteiger charge is -2.37. The second-order valence-corrected chi connectivity index (χ2v) is 10.2. The van der Waals surface area contributed by atoms with Gasteiger partial charge in [-0.3, -0.25) is 9.78 Å². The summed E-state index contributed by atoms with van der Waals surface area (Å²) in [6.45, 7) is 5.72. The lowest BCUT2D eigenvalue weighted by Crippen LogP contribution is -2.46. The van der Waals surface area contributed by atoms with Gasteiger partial charge in [0.15, 0.2) is 0 Å². The number of carbonyl (C=O) groups is 1. The van der Waals surface area contributed by atoms with E-state index in [2.05, 4.69) is 22.5 Å². The normalized spacial score (nSPS) is 19.7. The first kappa shape index (κ1) is 26.9. The van der Waals surface area contributed by atoms with Crippen molar-refractivity contribution in [2.45, 2.75) is 19.4 Å². The van der Waals surface area contributed by atoms with Crippen LogP contribution in [0.15, 0.2) is 42.7 Å². The predicted octanol–water partition coefficient (Wildman–Crippen LogP) is 4.14. The first-order chi connectivity index (χ1) is 18.7. The average molecular weight is 543 g/mol. The molecular weight excluding hydrogens is 512 g/mol. The van der Waals surface area contributed by atoms with Crippen molar-refractivity contribution < 1.29 is 22.4 Å². The summed E-state index contributed by atoms with van der Waals surface area (Å²) in [5.41, 5.74) is 5.06. The number of nitrogens with two attached hydrogens (primary N) is 1. The van der Waals surface area contributed by atoms with Crippen LogP contribution in [0, 0.1) is 29.2 Å². The van der Waals surface area contributed by atoms with Crippen molar-refractivity contribution in [2.24, 2.45) is 11.7 Å². The van der Waals surface area contributed by atoms with Crippen LogP contribution >= 0.6 is 0 Å². The molecule has 4 N–H and O–H groups in total. The van der Waals surface area contributed by atoms with Crippen LogP contribution in [0.25, 0.3) is 11.1 Å². The summed E-state index contributed by atoms with van der Waals surface area (Å²) in [7, 11) is 0. The van der Waals surface area contributed by atoms with E-state index in [-0.39, 0.29) is 11.7 Å². The van der Waals surface area contributed by atoms with Crippen molar-refractivity contribution in [1.29, 1.82) is 0 Å². The Kier molecular flexibility index (Phi) is 7.72. The Labute approximate surface area is 224 Å². The Morgan fingerprint density at radius 3 is 2.41 bits per heavy atom. The topological polar surface area (TPSA) is 86.5 Å². The zero-order valence-electron chi connectivity index (χ0n) is 21.5. The fourth-order valence-electron chi connectivity index (χ4n) is 5.41. The van der Waals surface area contributed by atoms with E-state index in [4.69, 9.17) is 5.73 Å². The smallest absolute Gasteiger partial charge is 0.258 e. The van der Waals surface area contributed by atoms with Crippen molar-refractivity contribution in [3.63, 3.8) is 0 Å². The fourth-order valence-corrected chi connectivity index (χ4v) is 5.41. The Morgan fingerprint density at radius 2 is 1.72 bits per heavy atom. The second kappa shape index (κ2) is 11.2. The number of hydrogen-bond donors (Lipinski definition) is 3. The lowest BCUT2D eigenvalue weighted by molar-refractivity contribution is 0.102. The SMILES string of the molecule is C[C@@H]1C[C@H](N)CN(c2ccncc2NC(=O)c2ccc(F)c(-c3c(F)cc(N4CCNCC4)cc3F)c2F)C1. The number of rotatable bonds is 5. The molecule has 1 aromatic heterocycles. The summed E-state index contributed by atoms with van der Waals surface area (Å²) in [6.07, 6.45) is 3.87. The van der Waals surface area contributed by atoms with E-state index < -0.39 is 45.9 Å². The second-order valence-electron chi connectivity index (χ2n) is 10.2. The van der Waals surface area contributed by atoms with Crippen LogP contribution < -0.4 is 26.2 Å². The Balaban J connectivity index is 1.46. The van der Waals surface area contributed by atoms with E-state index in [1.807, 2.05) is 4.90 Å². The molecule has 39 heavy (non-hydrogen) atoms. The van der Waals surface area contributed by atoms with Crippen molar-refractivity contribution >= 4 is 23.0 Å². The monoisotopic (exact) mass is 542 g/mol. The minimum atomic E-state index is -1.36. The van der Waals surface area contributed by atoms with Crippen LogP contribution in [0.4, 0.5) is 34.6 Å². The molecule has 2 aromatic carbocycles. The minimum absolute atomic E-state index is 0.0506. The number of nitrogens with one attached hydrogen (secondary N) is 2. The number of nitrogens with zero attached hydrogens (tertiary/aromatic N) is 3. The van der Waals surface area contributed by atoms with Crippen LogP contribution in [0.5, 0.6) is 0 Å². The van der Waals surface area contributed by atoms with Gasteiger partial charge in [0.05, 0.1) is 34.3 Å². The maximum atomic E-state index is 15.6. The molecule has 2 saturated heterocycles. The van der Waals surface area contributed by atoms with Crippen molar-refractivity contribution in [3.05, 3.63) is 71.6 Å². The fraction of sp³-hybridized carbons (Fsp3) is 0.357. The van der Waals surface area contributed by atoms with Crippen LogP contribution in [-0.2, 0) is 0 Å². The van der Waals surface area contributed by atoms with E-state index >= 15 is 13.2 Å². The highest BCUT2D eigenvalue weighted by Crippen LogP contribution is 2.36. The zero-order valence-corrected chi connectivity index (χ0v) is 21.5. The van der Waals surface area contributed by atoms with Gasteiger partial charge in [0.2, 0.25) is 0 Å². The zero-order chi connectivity index (χ0) is 27.7. The number of pyridine rings is 1. The standard InChI is InChI=1S/C28H30F4N6O/c1-16-10-17(33)15-38(14-16)24-4-5-35-13-23(24)36-28(39)19-2-3-20(29)26(27(19)32)25-21(30)11-18(12-22(25)31)37-8-6-34-7-9-37/h2-5,11-13,16-17,34H,6-10,14-15,33H2,1H3,(H,36,39)/t16-,17+/m1/s1. The van der Waals surface area contributed by atoms with Crippen LogP contribution in [-0.4, -0.2) is 56.2 Å². The summed E-state index contributed by atoms with van der Waals surface area (Å²) in [5, 5.41) is 5.78. The molecule has 2 aliphatic rings. The number of amides is 1. The van der Waals surface area contributed by atoms with Crippen molar-refractivity contribution in [1.82, 2.24) is 10.3 Å². The number of carbonyl (C=O) groups excluding carboxylic acids is 1. The third-order valence-electron chi connectivity index (χ3n) is 7.17. The van der Waals surface area contributed by atoms with E-state index in [1.54, 1.807) is 17.2 Å². The molecular formula is C28H30F4N6O. The molecule has 0 aliphatic carbocycles. The number of aromatic nitrogens is 1. The third-order valence-corrected chi connectivity index (χ3v) is 7.17. The highest BCUT2D eigenvalue weighted by atomic mass is 19.1. The summed E-state index contributed by atoms with van der Waals surface area (Å²) in [6, 6.07) is 5.56. The van der Waals surface area contributed by atoms with Crippen LogP contribution in [0.3, 0.4) is 0 Å². The summed E-state index contributed by atoms with van der Waals surface area (Å²) >= 11 is 0. The van der Waals surface area contributed by atoms with Gasteiger partial charge in [-0.25, -0.2) is 17.6 Å². The summed E-state index contributed by atoms with van der Waals surface area (Å²) in [4.78, 5) is 21.0. The number of piperidine rings is 1. The molecule has 0 bridgehead atoms. The summed E-state index contributed by atoms with van der Waals surface area (Å²) in [5.74, 6) is -5.37. The Bertz CT molecular complexity index is 1350. The van der Waals surface area contributed by atoms with Gasteiger partial charge >= 0.3 is 0 Å². The van der Waals surface area contributed by atoms with Gasteiger partial charge in [-0.05, 0) is 42.7 Å². The molecule has 1 amide bonds. The third kappa shape index (κ3) is 5.55. The van der Waals surface area contributed by atoms with Crippen LogP contribution in [0.2, 0.25) is 0 Å². The quantitative estimate of drug-likeness (QED) is 0.421. The molecule has 2 aliphatic heterocycles. The number of benzene rings is 2. The maximum absolute atomic E-state index is 15.6. The molecule has 7 nitrogen and oxygen atoms in total. The lowest BCUT2D eigenvalue weighted by atomic mass is 9.96. The molecule has 3 aromatic rings. The first-order valence-electron chi connectivity index (χ1n) is 12.9. The highest BCUT2D eigenvalue weighted by molar-refractivity contribution is 6.06. The minimum Gasteiger partial charge on any atom is -0.369 e. The molecule has 0 unspecified atom stereocenters. The Hall–Kier alpha value is -3.70. The van der Waals surface area contributed by atoms with Crippen LogP contribution in [0.1, 0.15) is 23.7 Å². The van der Waals surface area contributed by atoms with E-state index in [9.17, 15) is 9.18 Å². The van der Waals surface area contributed by atoms with Gasteiger partial charge < -0.3 is 26.2 Å². The molecule has 2 fully saturated rings. The number of anilines is 3. The van der Waals surface area contributed by atoms with Gasteiger partial charge in [0.25, 0.3) is 5.91 Å². The maximum Gasteiger partial charge on any atom is 0.258 e. The molecule has 3 heterocycles. The number of hydrogen-bond acceptors (Lipinski definition) is 6. The molecule has 0 spiro atoms. The van der Waals surface area contributed by atoms with E-state index in [1.165, 1.54) is 6.20 Å². The summed E-state index contributed by atoms with van der Waals surface area (Å²) < 4.78 is 60.8. The van der Waals surface area contributed by atoms with Gasteiger partial charge in [0.1, 0.15) is 23.3 Å². The largest absolute Gasteiger partial charge is 0.369 e. The van der Waals surface area contributed by atoms with E-state index in [0.29, 0.717) is 56.6 Å². The van der Waals surface area contributed by atoms with Crippen molar-refractivity contribution in [2.75, 3.05) is 54.4 Å². The van der Waals surface area contributed by atoms with Gasteiger partial charge in [-0.1, -0.05) is 6.92 Å². The van der Waals surface area contributed by atoms with Gasteiger partial charge in [-0.15, -0.1) is 0 Å². The molecule has 5 rings (SSSR count). The molecule has 11 heteroatoms. The van der Waals surface area contributed by atoms with E-state index in [0.717, 1.165) is 30.7 Å². The molecule has 206 valence electrons. The number of piperazine rings is 1. The predicted molar refractivity (Wildman–Crippen MR) is 143 cm³/mol. The molecule has 2 atom stereocenters. The number of halogens is 4. The molecule has 0 radical (unpaired) electrons. The van der Waals surface area contributed by atoms with Gasteiger partial charge in [-0.2, -0.15) is 0 Å². The highest BCUT2D eigenvalue weighted by Gasteiger charge is 2.28. The average Bonchev–Trinajstić information content (AvgIpc) is 2.90. The van der Waals surface area contributed by atoms with Crippen molar-refractivity contribution in [3.8, 4) is 11.1 Å². The van der Waals surface area contributed by atoms with Gasteiger partial charge in [0, 0.05) is 57.2 Å². The first-order valence-corrected chi connectivity index (χ1v) is 12.9. The Morgan fingerprint density at radius 1 is 1.00 bits per heavy atom.